The first-order chi connectivity index (χ1) is 9.76. The van der Waals surface area contributed by atoms with Gasteiger partial charge >= 0.3 is 0 Å². The van der Waals surface area contributed by atoms with Crippen LogP contribution in [0.2, 0.25) is 5.02 Å². The molecular weight excluding hydrogens is 276 g/mol. The highest BCUT2D eigenvalue weighted by molar-refractivity contribution is 6.30. The number of nitrogens with zero attached hydrogens (tertiary/aromatic N) is 3. The number of rotatable bonds is 4. The molecule has 20 heavy (non-hydrogen) atoms. The zero-order valence-electron chi connectivity index (χ0n) is 10.6. The van der Waals surface area contributed by atoms with Crippen molar-refractivity contribution in [1.29, 1.82) is 0 Å². The second-order valence-corrected chi connectivity index (χ2v) is 4.81. The molecule has 0 aliphatic heterocycles. The van der Waals surface area contributed by atoms with Gasteiger partial charge in [-0.1, -0.05) is 41.9 Å². The fourth-order valence-corrected chi connectivity index (χ4v) is 2.15. The maximum Gasteiger partial charge on any atom is 0.243 e. The number of fused-ring (bicyclic) bond motifs is 1. The van der Waals surface area contributed by atoms with Crippen molar-refractivity contribution < 1.29 is 5.11 Å². The van der Waals surface area contributed by atoms with E-state index in [1.54, 1.807) is 22.8 Å². The van der Waals surface area contributed by atoms with Gasteiger partial charge in [0.25, 0.3) is 0 Å². The summed E-state index contributed by atoms with van der Waals surface area (Å²) in [6, 6.07) is 13.0. The molecule has 3 rings (SSSR count). The van der Waals surface area contributed by atoms with Crippen LogP contribution in [-0.2, 0) is 0 Å². The fraction of sp³-hybridized carbons (Fsp3) is 0.143. The molecule has 1 atom stereocenters. The largest absolute Gasteiger partial charge is 0.394 e. The Kier molecular flexibility index (Phi) is 3.54. The predicted octanol–water partition coefficient (Wildman–Crippen LogP) is 2.53. The van der Waals surface area contributed by atoms with Crippen molar-refractivity contribution in [3.05, 3.63) is 59.2 Å². The highest BCUT2D eigenvalue weighted by Crippen LogP contribution is 2.18. The van der Waals surface area contributed by atoms with Gasteiger partial charge in [-0.25, -0.2) is 4.52 Å². The SMILES string of the molecule is OCC(Nc1nc2ccc(Cl)cn2n1)c1ccccc1. The maximum absolute atomic E-state index is 9.51. The highest BCUT2D eigenvalue weighted by Gasteiger charge is 2.12. The maximum atomic E-state index is 9.51. The minimum Gasteiger partial charge on any atom is -0.394 e. The monoisotopic (exact) mass is 288 g/mol. The molecule has 2 aromatic heterocycles. The van der Waals surface area contributed by atoms with Crippen LogP contribution in [0.3, 0.4) is 0 Å². The van der Waals surface area contributed by atoms with Crippen LogP contribution in [-0.4, -0.2) is 26.3 Å². The van der Waals surface area contributed by atoms with Gasteiger partial charge in [0, 0.05) is 6.20 Å². The molecule has 0 saturated carbocycles. The average Bonchev–Trinajstić information content (AvgIpc) is 2.87. The van der Waals surface area contributed by atoms with Crippen LogP contribution in [0.15, 0.2) is 48.7 Å². The second-order valence-electron chi connectivity index (χ2n) is 4.38. The quantitative estimate of drug-likeness (QED) is 0.774. The topological polar surface area (TPSA) is 62.5 Å². The van der Waals surface area contributed by atoms with E-state index in [9.17, 15) is 5.11 Å². The highest BCUT2D eigenvalue weighted by atomic mass is 35.5. The smallest absolute Gasteiger partial charge is 0.243 e. The number of hydrogen-bond acceptors (Lipinski definition) is 4. The number of anilines is 1. The lowest BCUT2D eigenvalue weighted by molar-refractivity contribution is 0.276. The number of nitrogens with one attached hydrogen (secondary N) is 1. The molecule has 5 nitrogen and oxygen atoms in total. The van der Waals surface area contributed by atoms with Gasteiger partial charge < -0.3 is 10.4 Å². The van der Waals surface area contributed by atoms with E-state index in [4.69, 9.17) is 11.6 Å². The minimum absolute atomic E-state index is 0.0413. The van der Waals surface area contributed by atoms with E-state index in [1.165, 1.54) is 0 Å². The molecule has 0 saturated heterocycles. The lowest BCUT2D eigenvalue weighted by Gasteiger charge is -2.14. The van der Waals surface area contributed by atoms with Crippen molar-refractivity contribution in [3.63, 3.8) is 0 Å². The van der Waals surface area contributed by atoms with Crippen LogP contribution in [0.4, 0.5) is 5.95 Å². The van der Waals surface area contributed by atoms with Crippen LogP contribution >= 0.6 is 11.6 Å². The number of halogens is 1. The van der Waals surface area contributed by atoms with Crippen LogP contribution in [0.25, 0.3) is 5.65 Å². The molecule has 6 heteroatoms. The first kappa shape index (κ1) is 12.9. The number of aromatic nitrogens is 3. The molecule has 0 radical (unpaired) electrons. The van der Waals surface area contributed by atoms with Crippen LogP contribution in [0, 0.1) is 0 Å². The van der Waals surface area contributed by atoms with Gasteiger partial charge in [0.2, 0.25) is 5.95 Å². The van der Waals surface area contributed by atoms with Crippen molar-refractivity contribution in [2.45, 2.75) is 6.04 Å². The fourth-order valence-electron chi connectivity index (χ4n) is 1.99. The van der Waals surface area contributed by atoms with Crippen LogP contribution in [0.1, 0.15) is 11.6 Å². The lowest BCUT2D eigenvalue weighted by Crippen LogP contribution is -2.15. The third-order valence-electron chi connectivity index (χ3n) is 2.98. The van der Waals surface area contributed by atoms with Gasteiger partial charge in [0.15, 0.2) is 5.65 Å². The number of aliphatic hydroxyl groups is 1. The van der Waals surface area contributed by atoms with Gasteiger partial charge in [0.1, 0.15) is 0 Å². The molecule has 0 bridgehead atoms. The Morgan fingerprint density at radius 3 is 2.75 bits per heavy atom. The average molecular weight is 289 g/mol. The number of benzene rings is 1. The zero-order chi connectivity index (χ0) is 13.9. The standard InChI is InChI=1S/C14H13ClN4O/c15-11-6-7-13-17-14(18-19(13)8-11)16-12(9-20)10-4-2-1-3-5-10/h1-8,12,20H,9H2,(H,16,18). The summed E-state index contributed by atoms with van der Waals surface area (Å²) in [6.07, 6.45) is 1.69. The molecular formula is C14H13ClN4O. The minimum atomic E-state index is -0.246. The molecule has 102 valence electrons. The molecule has 0 aliphatic carbocycles. The first-order valence-corrected chi connectivity index (χ1v) is 6.58. The Morgan fingerprint density at radius 1 is 1.20 bits per heavy atom. The van der Waals surface area contributed by atoms with E-state index in [2.05, 4.69) is 15.4 Å². The second kappa shape index (κ2) is 5.48. The lowest BCUT2D eigenvalue weighted by atomic mass is 10.1. The Balaban J connectivity index is 1.87. The molecule has 1 unspecified atom stereocenters. The normalized spacial score (nSPS) is 12.5. The van der Waals surface area contributed by atoms with E-state index in [1.807, 2.05) is 30.3 Å². The zero-order valence-corrected chi connectivity index (χ0v) is 11.3. The van der Waals surface area contributed by atoms with E-state index in [0.717, 1.165) is 5.56 Å². The van der Waals surface area contributed by atoms with Crippen LogP contribution < -0.4 is 5.32 Å². The molecule has 3 aromatic rings. The summed E-state index contributed by atoms with van der Waals surface area (Å²) in [7, 11) is 0. The van der Waals surface area contributed by atoms with Gasteiger partial charge in [-0.15, -0.1) is 5.10 Å². The number of pyridine rings is 1. The predicted molar refractivity (Wildman–Crippen MR) is 77.9 cm³/mol. The summed E-state index contributed by atoms with van der Waals surface area (Å²) < 4.78 is 1.60. The molecule has 2 N–H and O–H groups in total. The van der Waals surface area contributed by atoms with E-state index < -0.39 is 0 Å². The van der Waals surface area contributed by atoms with Crippen LogP contribution in [0.5, 0.6) is 0 Å². The van der Waals surface area contributed by atoms with Crippen molar-refractivity contribution >= 4 is 23.2 Å². The van der Waals surface area contributed by atoms with Gasteiger partial charge in [-0.05, 0) is 17.7 Å². The Labute approximate surface area is 120 Å². The van der Waals surface area contributed by atoms with Gasteiger partial charge in [-0.2, -0.15) is 4.98 Å². The number of hydrogen-bond donors (Lipinski definition) is 2. The summed E-state index contributed by atoms with van der Waals surface area (Å²) in [6.45, 7) is -0.0413. The Bertz CT molecular complexity index is 714. The van der Waals surface area contributed by atoms with Gasteiger partial charge in [0.05, 0.1) is 17.7 Å². The van der Waals surface area contributed by atoms with Crippen molar-refractivity contribution in [1.82, 2.24) is 14.6 Å². The number of aliphatic hydroxyl groups excluding tert-OH is 1. The first-order valence-electron chi connectivity index (χ1n) is 6.20. The van der Waals surface area contributed by atoms with E-state index in [-0.39, 0.29) is 12.6 Å². The summed E-state index contributed by atoms with van der Waals surface area (Å²) in [5.41, 5.74) is 1.67. The summed E-state index contributed by atoms with van der Waals surface area (Å²) in [5.74, 6) is 0.454. The molecule has 0 amide bonds. The summed E-state index contributed by atoms with van der Waals surface area (Å²) >= 11 is 5.91. The Morgan fingerprint density at radius 2 is 2.00 bits per heavy atom. The molecule has 1 aromatic carbocycles. The van der Waals surface area contributed by atoms with Crippen molar-refractivity contribution in [2.24, 2.45) is 0 Å². The Hall–Kier alpha value is -2.11. The molecule has 2 heterocycles. The summed E-state index contributed by atoms with van der Waals surface area (Å²) in [5, 5.41) is 17.5. The van der Waals surface area contributed by atoms with E-state index >= 15 is 0 Å². The van der Waals surface area contributed by atoms with Crippen molar-refractivity contribution in [2.75, 3.05) is 11.9 Å². The molecule has 0 aliphatic rings. The van der Waals surface area contributed by atoms with Crippen molar-refractivity contribution in [3.8, 4) is 0 Å². The molecule has 0 spiro atoms. The summed E-state index contributed by atoms with van der Waals surface area (Å²) in [4.78, 5) is 4.34. The van der Waals surface area contributed by atoms with Gasteiger partial charge in [-0.3, -0.25) is 0 Å². The third-order valence-corrected chi connectivity index (χ3v) is 3.21. The molecule has 0 fully saturated rings. The van der Waals surface area contributed by atoms with E-state index in [0.29, 0.717) is 16.6 Å². The third kappa shape index (κ3) is 2.59.